The van der Waals surface area contributed by atoms with Crippen molar-refractivity contribution in [2.45, 2.75) is 13.5 Å². The lowest BCUT2D eigenvalue weighted by atomic mass is 10.2. The van der Waals surface area contributed by atoms with Crippen LogP contribution in [0.2, 0.25) is 0 Å². The van der Waals surface area contributed by atoms with Crippen molar-refractivity contribution in [1.29, 1.82) is 0 Å². The normalized spacial score (nSPS) is 12.9. The molecule has 0 fully saturated rings. The van der Waals surface area contributed by atoms with E-state index in [-0.39, 0.29) is 12.5 Å². The largest absolute Gasteiger partial charge is 0.454 e. The first kappa shape index (κ1) is 15.5. The highest BCUT2D eigenvalue weighted by atomic mass is 32.2. The standard InChI is InChI=1S/C16H18N2O4S/c1-2-23(19,20)18-14-6-4-13(5-7-14)17-10-12-3-8-15-16(9-12)22-11-21-15/h3-9,17-18H,2,10-11H2,1H3. The fourth-order valence-electron chi connectivity index (χ4n) is 2.16. The van der Waals surface area contributed by atoms with E-state index < -0.39 is 10.0 Å². The number of benzene rings is 2. The molecule has 0 spiro atoms. The quantitative estimate of drug-likeness (QED) is 0.849. The van der Waals surface area contributed by atoms with Gasteiger partial charge in [0.25, 0.3) is 0 Å². The topological polar surface area (TPSA) is 76.7 Å². The predicted octanol–water partition coefficient (Wildman–Crippen LogP) is 2.79. The Hall–Kier alpha value is -2.41. The first-order valence-electron chi connectivity index (χ1n) is 7.29. The number of anilines is 2. The van der Waals surface area contributed by atoms with Gasteiger partial charge in [-0.15, -0.1) is 0 Å². The van der Waals surface area contributed by atoms with Crippen molar-refractivity contribution < 1.29 is 17.9 Å². The van der Waals surface area contributed by atoms with E-state index in [1.54, 1.807) is 19.1 Å². The summed E-state index contributed by atoms with van der Waals surface area (Å²) in [5.74, 6) is 1.58. The van der Waals surface area contributed by atoms with Gasteiger partial charge in [-0.05, 0) is 48.9 Å². The lowest BCUT2D eigenvalue weighted by Gasteiger charge is -2.09. The molecule has 23 heavy (non-hydrogen) atoms. The molecule has 2 aromatic rings. The minimum atomic E-state index is -3.24. The fraction of sp³-hybridized carbons (Fsp3) is 0.250. The number of fused-ring (bicyclic) bond motifs is 1. The molecule has 0 amide bonds. The zero-order valence-electron chi connectivity index (χ0n) is 12.7. The molecule has 1 aliphatic rings. The summed E-state index contributed by atoms with van der Waals surface area (Å²) in [6, 6.07) is 12.9. The second kappa shape index (κ2) is 6.37. The molecule has 7 heteroatoms. The molecule has 0 atom stereocenters. The highest BCUT2D eigenvalue weighted by Gasteiger charge is 2.13. The molecule has 0 aliphatic carbocycles. The van der Waals surface area contributed by atoms with Crippen LogP contribution in [0.25, 0.3) is 0 Å². The Kier molecular flexibility index (Phi) is 4.29. The molecular weight excluding hydrogens is 316 g/mol. The van der Waals surface area contributed by atoms with Gasteiger partial charge in [0.15, 0.2) is 11.5 Å². The van der Waals surface area contributed by atoms with E-state index in [0.717, 1.165) is 22.7 Å². The van der Waals surface area contributed by atoms with Gasteiger partial charge in [0, 0.05) is 17.9 Å². The van der Waals surface area contributed by atoms with Crippen LogP contribution in [-0.2, 0) is 16.6 Å². The minimum absolute atomic E-state index is 0.0527. The summed E-state index contributed by atoms with van der Waals surface area (Å²) < 4.78 is 36.2. The highest BCUT2D eigenvalue weighted by Crippen LogP contribution is 2.32. The van der Waals surface area contributed by atoms with Gasteiger partial charge in [-0.1, -0.05) is 6.07 Å². The summed E-state index contributed by atoms with van der Waals surface area (Å²) in [4.78, 5) is 0. The zero-order valence-corrected chi connectivity index (χ0v) is 13.5. The molecule has 0 bridgehead atoms. The van der Waals surface area contributed by atoms with E-state index in [1.807, 2.05) is 30.3 Å². The Morgan fingerprint density at radius 3 is 2.43 bits per heavy atom. The highest BCUT2D eigenvalue weighted by molar-refractivity contribution is 7.92. The van der Waals surface area contributed by atoms with Gasteiger partial charge in [0.2, 0.25) is 16.8 Å². The Labute approximate surface area is 135 Å². The Morgan fingerprint density at radius 2 is 1.70 bits per heavy atom. The molecule has 2 N–H and O–H groups in total. The van der Waals surface area contributed by atoms with Crippen LogP contribution in [0.15, 0.2) is 42.5 Å². The van der Waals surface area contributed by atoms with Crippen molar-refractivity contribution in [2.75, 3.05) is 22.6 Å². The summed E-state index contributed by atoms with van der Waals surface area (Å²) in [5.41, 5.74) is 2.53. The molecule has 0 aromatic heterocycles. The summed E-state index contributed by atoms with van der Waals surface area (Å²) >= 11 is 0. The molecule has 0 unspecified atom stereocenters. The maximum absolute atomic E-state index is 11.5. The summed E-state index contributed by atoms with van der Waals surface area (Å²) in [6.07, 6.45) is 0. The summed E-state index contributed by atoms with van der Waals surface area (Å²) in [7, 11) is -3.24. The number of hydrogen-bond acceptors (Lipinski definition) is 5. The first-order chi connectivity index (χ1) is 11.1. The van der Waals surface area contributed by atoms with Crippen molar-refractivity contribution in [3.8, 4) is 11.5 Å². The van der Waals surface area contributed by atoms with Crippen molar-refractivity contribution in [1.82, 2.24) is 0 Å². The third-order valence-corrected chi connectivity index (χ3v) is 4.78. The molecule has 1 heterocycles. The van der Waals surface area contributed by atoms with Crippen LogP contribution in [0.4, 0.5) is 11.4 Å². The summed E-state index contributed by atoms with van der Waals surface area (Å²) in [5, 5.41) is 3.28. The molecule has 0 saturated carbocycles. The van der Waals surface area contributed by atoms with Gasteiger partial charge in [-0.3, -0.25) is 4.72 Å². The molecule has 0 radical (unpaired) electrons. The Bertz CT molecular complexity index is 788. The lowest BCUT2D eigenvalue weighted by Crippen LogP contribution is -2.14. The van der Waals surface area contributed by atoms with E-state index in [9.17, 15) is 8.42 Å². The lowest BCUT2D eigenvalue weighted by molar-refractivity contribution is 0.174. The van der Waals surface area contributed by atoms with Crippen LogP contribution in [0.1, 0.15) is 12.5 Å². The van der Waals surface area contributed by atoms with E-state index in [1.165, 1.54) is 0 Å². The number of ether oxygens (including phenoxy) is 2. The van der Waals surface area contributed by atoms with E-state index in [0.29, 0.717) is 12.2 Å². The Morgan fingerprint density at radius 1 is 1.00 bits per heavy atom. The number of sulfonamides is 1. The number of hydrogen-bond donors (Lipinski definition) is 2. The third-order valence-electron chi connectivity index (χ3n) is 3.47. The average molecular weight is 334 g/mol. The second-order valence-electron chi connectivity index (χ2n) is 5.12. The smallest absolute Gasteiger partial charge is 0.232 e. The maximum Gasteiger partial charge on any atom is 0.232 e. The van der Waals surface area contributed by atoms with Crippen LogP contribution in [0.5, 0.6) is 11.5 Å². The van der Waals surface area contributed by atoms with Crippen LogP contribution in [0, 0.1) is 0 Å². The van der Waals surface area contributed by atoms with Crippen molar-refractivity contribution in [2.24, 2.45) is 0 Å². The molecule has 2 aromatic carbocycles. The van der Waals surface area contributed by atoms with E-state index in [2.05, 4.69) is 10.0 Å². The average Bonchev–Trinajstić information content (AvgIpc) is 3.01. The van der Waals surface area contributed by atoms with Crippen LogP contribution in [0.3, 0.4) is 0 Å². The minimum Gasteiger partial charge on any atom is -0.454 e. The molecular formula is C16H18N2O4S. The van der Waals surface area contributed by atoms with Crippen LogP contribution < -0.4 is 19.5 Å². The zero-order chi connectivity index (χ0) is 16.3. The molecule has 122 valence electrons. The third kappa shape index (κ3) is 3.87. The monoisotopic (exact) mass is 334 g/mol. The number of rotatable bonds is 6. The molecule has 1 aliphatic heterocycles. The first-order valence-corrected chi connectivity index (χ1v) is 8.94. The van der Waals surface area contributed by atoms with Crippen LogP contribution >= 0.6 is 0 Å². The molecule has 6 nitrogen and oxygen atoms in total. The van der Waals surface area contributed by atoms with Crippen molar-refractivity contribution in [3.05, 3.63) is 48.0 Å². The van der Waals surface area contributed by atoms with E-state index in [4.69, 9.17) is 9.47 Å². The molecule has 3 rings (SSSR count). The van der Waals surface area contributed by atoms with Gasteiger partial charge < -0.3 is 14.8 Å². The van der Waals surface area contributed by atoms with Crippen molar-refractivity contribution in [3.63, 3.8) is 0 Å². The van der Waals surface area contributed by atoms with Crippen molar-refractivity contribution >= 4 is 21.4 Å². The number of nitrogens with one attached hydrogen (secondary N) is 2. The summed E-state index contributed by atoms with van der Waals surface area (Å²) in [6.45, 7) is 2.50. The van der Waals surface area contributed by atoms with E-state index >= 15 is 0 Å². The predicted molar refractivity (Wildman–Crippen MR) is 89.4 cm³/mol. The second-order valence-corrected chi connectivity index (χ2v) is 7.13. The van der Waals surface area contributed by atoms with Crippen LogP contribution in [-0.4, -0.2) is 21.0 Å². The van der Waals surface area contributed by atoms with Gasteiger partial charge >= 0.3 is 0 Å². The Balaban J connectivity index is 1.60. The van der Waals surface area contributed by atoms with Gasteiger partial charge in [0.05, 0.1) is 5.75 Å². The molecule has 0 saturated heterocycles. The fourth-order valence-corrected chi connectivity index (χ4v) is 2.80. The SMILES string of the molecule is CCS(=O)(=O)Nc1ccc(NCc2ccc3c(c2)OCO3)cc1. The van der Waals surface area contributed by atoms with Gasteiger partial charge in [0.1, 0.15) is 0 Å². The van der Waals surface area contributed by atoms with Gasteiger partial charge in [-0.2, -0.15) is 0 Å². The van der Waals surface area contributed by atoms with Gasteiger partial charge in [-0.25, -0.2) is 8.42 Å². The maximum atomic E-state index is 11.5.